The Hall–Kier alpha value is -1.86. The largest absolute Gasteiger partial charge is 0.469 e. The maximum atomic E-state index is 11.5. The molecule has 0 bridgehead atoms. The van der Waals surface area contributed by atoms with E-state index in [1.807, 2.05) is 36.4 Å². The summed E-state index contributed by atoms with van der Waals surface area (Å²) in [5.41, 5.74) is 0.902. The minimum absolute atomic E-state index is 0.281. The van der Waals surface area contributed by atoms with Gasteiger partial charge in [0.2, 0.25) is 0 Å². The Balaban J connectivity index is 0.000000304. The minimum Gasteiger partial charge on any atom is -0.469 e. The second kappa shape index (κ2) is 10.9. The molecule has 0 amide bonds. The molecule has 1 fully saturated rings. The second-order valence-corrected chi connectivity index (χ2v) is 4.99. The highest BCUT2D eigenvalue weighted by molar-refractivity contribution is 5.78. The number of carbonyl (C=O) groups is 1. The zero-order valence-corrected chi connectivity index (χ0v) is 12.7. The third-order valence-electron chi connectivity index (χ3n) is 3.44. The molecule has 1 atom stereocenters. The van der Waals surface area contributed by atoms with E-state index in [2.05, 4.69) is 5.32 Å². The molecule has 1 N–H and O–H groups in total. The first-order valence-electron chi connectivity index (χ1n) is 7.50. The average Bonchev–Trinajstić information content (AvgIpc) is 2.58. The molecule has 1 unspecified atom stereocenters. The van der Waals surface area contributed by atoms with E-state index in [1.54, 1.807) is 0 Å². The SMILES string of the molecule is C1CCNCC1.COC(=O)C(CCC#N)c1ccccc1. The third-order valence-corrected chi connectivity index (χ3v) is 3.44. The van der Waals surface area contributed by atoms with Crippen LogP contribution >= 0.6 is 0 Å². The number of hydrogen-bond donors (Lipinski definition) is 1. The van der Waals surface area contributed by atoms with Gasteiger partial charge in [0.25, 0.3) is 0 Å². The fourth-order valence-electron chi connectivity index (χ4n) is 2.26. The topological polar surface area (TPSA) is 62.1 Å². The van der Waals surface area contributed by atoms with Crippen LogP contribution in [0.3, 0.4) is 0 Å². The molecule has 1 heterocycles. The number of nitrogens with one attached hydrogen (secondary N) is 1. The van der Waals surface area contributed by atoms with Gasteiger partial charge in [-0.1, -0.05) is 36.8 Å². The summed E-state index contributed by atoms with van der Waals surface area (Å²) < 4.78 is 4.72. The number of hydrogen-bond acceptors (Lipinski definition) is 4. The highest BCUT2D eigenvalue weighted by atomic mass is 16.5. The van der Waals surface area contributed by atoms with Crippen LogP contribution in [0.5, 0.6) is 0 Å². The van der Waals surface area contributed by atoms with Crippen LogP contribution in [0.25, 0.3) is 0 Å². The van der Waals surface area contributed by atoms with Gasteiger partial charge in [0.15, 0.2) is 0 Å². The summed E-state index contributed by atoms with van der Waals surface area (Å²) in [7, 11) is 1.37. The van der Waals surface area contributed by atoms with Crippen molar-refractivity contribution in [3.8, 4) is 6.07 Å². The number of carbonyl (C=O) groups excluding carboxylic acids is 1. The van der Waals surface area contributed by atoms with Gasteiger partial charge in [-0.05, 0) is 37.9 Å². The van der Waals surface area contributed by atoms with E-state index in [-0.39, 0.29) is 11.9 Å². The lowest BCUT2D eigenvalue weighted by Crippen LogP contribution is -2.21. The summed E-state index contributed by atoms with van der Waals surface area (Å²) in [6.45, 7) is 2.50. The van der Waals surface area contributed by atoms with Crippen LogP contribution < -0.4 is 5.32 Å². The Morgan fingerprint density at radius 1 is 1.29 bits per heavy atom. The number of benzene rings is 1. The molecule has 114 valence electrons. The molecule has 0 saturated carbocycles. The molecule has 1 aliphatic heterocycles. The van der Waals surface area contributed by atoms with Gasteiger partial charge >= 0.3 is 5.97 Å². The molecule has 0 radical (unpaired) electrons. The van der Waals surface area contributed by atoms with Gasteiger partial charge in [-0.15, -0.1) is 0 Å². The predicted octanol–water partition coefficient (Wildman–Crippen LogP) is 3.01. The van der Waals surface area contributed by atoms with E-state index < -0.39 is 0 Å². The molecule has 0 spiro atoms. The summed E-state index contributed by atoms with van der Waals surface area (Å²) in [6, 6.07) is 11.4. The Bertz CT molecular complexity index is 424. The highest BCUT2D eigenvalue weighted by Crippen LogP contribution is 2.22. The average molecular weight is 288 g/mol. The lowest BCUT2D eigenvalue weighted by molar-refractivity contribution is -0.142. The van der Waals surface area contributed by atoms with Gasteiger partial charge in [0, 0.05) is 6.42 Å². The molecule has 1 saturated heterocycles. The normalized spacial score (nSPS) is 15.0. The van der Waals surface area contributed by atoms with Crippen molar-refractivity contribution in [1.82, 2.24) is 5.32 Å². The Morgan fingerprint density at radius 3 is 2.38 bits per heavy atom. The van der Waals surface area contributed by atoms with Crippen LogP contribution in [0.4, 0.5) is 0 Å². The van der Waals surface area contributed by atoms with Crippen LogP contribution in [0.2, 0.25) is 0 Å². The summed E-state index contributed by atoms with van der Waals surface area (Å²) in [4.78, 5) is 11.5. The van der Waals surface area contributed by atoms with Crippen molar-refractivity contribution < 1.29 is 9.53 Å². The molecular weight excluding hydrogens is 264 g/mol. The maximum absolute atomic E-state index is 11.5. The zero-order valence-electron chi connectivity index (χ0n) is 12.7. The predicted molar refractivity (Wildman–Crippen MR) is 82.8 cm³/mol. The first-order valence-corrected chi connectivity index (χ1v) is 7.50. The van der Waals surface area contributed by atoms with E-state index in [9.17, 15) is 4.79 Å². The summed E-state index contributed by atoms with van der Waals surface area (Å²) in [5.74, 6) is -0.604. The molecular formula is C17H24N2O2. The quantitative estimate of drug-likeness (QED) is 0.865. The second-order valence-electron chi connectivity index (χ2n) is 4.99. The lowest BCUT2D eigenvalue weighted by atomic mass is 9.95. The maximum Gasteiger partial charge on any atom is 0.313 e. The molecule has 0 aliphatic carbocycles. The number of esters is 1. The molecule has 4 heteroatoms. The van der Waals surface area contributed by atoms with Crippen molar-refractivity contribution >= 4 is 5.97 Å². The number of piperidine rings is 1. The number of nitriles is 1. The zero-order chi connectivity index (χ0) is 15.3. The smallest absolute Gasteiger partial charge is 0.313 e. The molecule has 0 aromatic heterocycles. The van der Waals surface area contributed by atoms with Gasteiger partial charge in [0.1, 0.15) is 0 Å². The van der Waals surface area contributed by atoms with E-state index in [4.69, 9.17) is 10.00 Å². The van der Waals surface area contributed by atoms with Crippen LogP contribution in [0.15, 0.2) is 30.3 Å². The monoisotopic (exact) mass is 288 g/mol. The molecule has 1 aromatic carbocycles. The van der Waals surface area contributed by atoms with Crippen molar-refractivity contribution in [3.05, 3.63) is 35.9 Å². The fourth-order valence-corrected chi connectivity index (χ4v) is 2.26. The van der Waals surface area contributed by atoms with Crippen molar-refractivity contribution in [2.24, 2.45) is 0 Å². The number of methoxy groups -OCH3 is 1. The van der Waals surface area contributed by atoms with Gasteiger partial charge in [-0.3, -0.25) is 4.79 Å². The number of nitrogens with zero attached hydrogens (tertiary/aromatic N) is 1. The molecule has 1 aromatic rings. The standard InChI is InChI=1S/C12H13NO2.C5H11N/c1-15-12(14)11(8-5-9-13)10-6-3-2-4-7-10;1-2-4-6-5-3-1/h2-4,6-7,11H,5,8H2,1H3;6H,1-5H2. The minimum atomic E-state index is -0.323. The van der Waals surface area contributed by atoms with E-state index in [0.29, 0.717) is 12.8 Å². The van der Waals surface area contributed by atoms with Crippen LogP contribution in [0.1, 0.15) is 43.6 Å². The summed E-state index contributed by atoms with van der Waals surface area (Å²) >= 11 is 0. The van der Waals surface area contributed by atoms with Crippen molar-refractivity contribution in [1.29, 1.82) is 5.26 Å². The number of ether oxygens (including phenoxy) is 1. The Labute approximate surface area is 127 Å². The van der Waals surface area contributed by atoms with Gasteiger partial charge in [-0.25, -0.2) is 0 Å². The van der Waals surface area contributed by atoms with Gasteiger partial charge in [0.05, 0.1) is 19.1 Å². The number of rotatable bonds is 4. The van der Waals surface area contributed by atoms with E-state index in [1.165, 1.54) is 39.5 Å². The fraction of sp³-hybridized carbons (Fsp3) is 0.529. The summed E-state index contributed by atoms with van der Waals surface area (Å²) in [5, 5.41) is 11.8. The first kappa shape index (κ1) is 17.2. The van der Waals surface area contributed by atoms with Crippen molar-refractivity contribution in [2.75, 3.05) is 20.2 Å². The highest BCUT2D eigenvalue weighted by Gasteiger charge is 2.20. The van der Waals surface area contributed by atoms with Crippen LogP contribution in [0, 0.1) is 11.3 Å². The lowest BCUT2D eigenvalue weighted by Gasteiger charge is -2.12. The van der Waals surface area contributed by atoms with Gasteiger partial charge in [-0.2, -0.15) is 5.26 Å². The van der Waals surface area contributed by atoms with Crippen molar-refractivity contribution in [2.45, 2.75) is 38.0 Å². The Morgan fingerprint density at radius 2 is 1.95 bits per heavy atom. The molecule has 1 aliphatic rings. The first-order chi connectivity index (χ1) is 10.3. The Kier molecular flexibility index (Phi) is 8.90. The van der Waals surface area contributed by atoms with Crippen LogP contribution in [-0.2, 0) is 9.53 Å². The summed E-state index contributed by atoms with van der Waals surface area (Å²) in [6.07, 6.45) is 5.08. The molecule has 4 nitrogen and oxygen atoms in total. The van der Waals surface area contributed by atoms with Gasteiger partial charge < -0.3 is 10.1 Å². The van der Waals surface area contributed by atoms with Crippen LogP contribution in [-0.4, -0.2) is 26.2 Å². The van der Waals surface area contributed by atoms with Crippen molar-refractivity contribution in [3.63, 3.8) is 0 Å². The van der Waals surface area contributed by atoms with E-state index in [0.717, 1.165) is 5.56 Å². The third kappa shape index (κ3) is 6.92. The molecule has 21 heavy (non-hydrogen) atoms. The molecule has 2 rings (SSSR count). The van der Waals surface area contributed by atoms with E-state index >= 15 is 0 Å².